The standard InChI is InChI=1S/C10H16N4O/c1-7(10-11-3-4-14(10)2)13-8-5-9(15)12-6-8/h3-4,7-8,13H,5-6H2,1-2H3,(H,12,15). The van der Waals surface area contributed by atoms with Crippen LogP contribution in [0.5, 0.6) is 0 Å². The Hall–Kier alpha value is -1.36. The van der Waals surface area contributed by atoms with E-state index in [1.165, 1.54) is 0 Å². The van der Waals surface area contributed by atoms with E-state index < -0.39 is 0 Å². The number of carbonyl (C=O) groups excluding carboxylic acids is 1. The van der Waals surface area contributed by atoms with E-state index in [9.17, 15) is 4.79 Å². The summed E-state index contributed by atoms with van der Waals surface area (Å²) in [6.07, 6.45) is 4.27. The monoisotopic (exact) mass is 208 g/mol. The molecule has 0 saturated carbocycles. The van der Waals surface area contributed by atoms with Gasteiger partial charge in [0.1, 0.15) is 5.82 Å². The maximum absolute atomic E-state index is 11.0. The Labute approximate surface area is 88.9 Å². The van der Waals surface area contributed by atoms with E-state index in [2.05, 4.69) is 22.5 Å². The van der Waals surface area contributed by atoms with Gasteiger partial charge in [-0.1, -0.05) is 0 Å². The highest BCUT2D eigenvalue weighted by molar-refractivity contribution is 5.78. The summed E-state index contributed by atoms with van der Waals surface area (Å²) in [7, 11) is 1.97. The summed E-state index contributed by atoms with van der Waals surface area (Å²) in [6.45, 7) is 2.78. The Kier molecular flexibility index (Phi) is 2.73. The van der Waals surface area contributed by atoms with Gasteiger partial charge in [0.2, 0.25) is 5.91 Å². The maximum Gasteiger partial charge on any atom is 0.221 e. The van der Waals surface area contributed by atoms with Crippen molar-refractivity contribution in [2.45, 2.75) is 25.4 Å². The number of amides is 1. The first-order chi connectivity index (χ1) is 7.16. The number of nitrogens with zero attached hydrogens (tertiary/aromatic N) is 2. The van der Waals surface area contributed by atoms with E-state index >= 15 is 0 Å². The Balaban J connectivity index is 1.95. The predicted octanol–water partition coefficient (Wildman–Crippen LogP) is -0.0408. The molecule has 2 N–H and O–H groups in total. The number of rotatable bonds is 3. The van der Waals surface area contributed by atoms with Crippen LogP contribution in [0.15, 0.2) is 12.4 Å². The molecule has 82 valence electrons. The summed E-state index contributed by atoms with van der Waals surface area (Å²) in [5.74, 6) is 1.12. The minimum atomic E-state index is 0.125. The largest absolute Gasteiger partial charge is 0.354 e. The molecule has 0 aromatic carbocycles. The lowest BCUT2D eigenvalue weighted by molar-refractivity contribution is -0.119. The number of nitrogens with one attached hydrogen (secondary N) is 2. The Morgan fingerprint density at radius 1 is 1.73 bits per heavy atom. The third kappa shape index (κ3) is 2.18. The van der Waals surface area contributed by atoms with E-state index in [-0.39, 0.29) is 18.0 Å². The van der Waals surface area contributed by atoms with E-state index in [0.29, 0.717) is 13.0 Å². The second-order valence-corrected chi connectivity index (χ2v) is 3.99. The minimum absolute atomic E-state index is 0.125. The fourth-order valence-corrected chi connectivity index (χ4v) is 1.95. The first-order valence-electron chi connectivity index (χ1n) is 5.17. The van der Waals surface area contributed by atoms with E-state index in [1.54, 1.807) is 6.20 Å². The average Bonchev–Trinajstić information content (AvgIpc) is 2.75. The van der Waals surface area contributed by atoms with E-state index in [4.69, 9.17) is 0 Å². The first kappa shape index (κ1) is 10.2. The fraction of sp³-hybridized carbons (Fsp3) is 0.600. The van der Waals surface area contributed by atoms with Gasteiger partial charge in [-0.25, -0.2) is 4.98 Å². The Morgan fingerprint density at radius 2 is 2.53 bits per heavy atom. The quantitative estimate of drug-likeness (QED) is 0.732. The number of hydrogen-bond donors (Lipinski definition) is 2. The highest BCUT2D eigenvalue weighted by atomic mass is 16.1. The molecule has 2 unspecified atom stereocenters. The van der Waals surface area contributed by atoms with Gasteiger partial charge in [0, 0.05) is 38.4 Å². The van der Waals surface area contributed by atoms with Crippen molar-refractivity contribution < 1.29 is 4.79 Å². The average molecular weight is 208 g/mol. The Morgan fingerprint density at radius 3 is 3.07 bits per heavy atom. The molecule has 1 amide bonds. The molecule has 1 aliphatic rings. The molecule has 1 aliphatic heterocycles. The van der Waals surface area contributed by atoms with Gasteiger partial charge in [0.05, 0.1) is 6.04 Å². The number of imidazole rings is 1. The molecule has 5 nitrogen and oxygen atoms in total. The van der Waals surface area contributed by atoms with Gasteiger partial charge in [0.25, 0.3) is 0 Å². The van der Waals surface area contributed by atoms with Crippen molar-refractivity contribution in [1.82, 2.24) is 20.2 Å². The van der Waals surface area contributed by atoms with Gasteiger partial charge in [-0.3, -0.25) is 4.79 Å². The van der Waals surface area contributed by atoms with Gasteiger partial charge in [-0.15, -0.1) is 0 Å². The summed E-state index contributed by atoms with van der Waals surface area (Å²) in [4.78, 5) is 15.3. The van der Waals surface area contributed by atoms with Gasteiger partial charge >= 0.3 is 0 Å². The Bertz CT molecular complexity index is 360. The predicted molar refractivity (Wildman–Crippen MR) is 56.2 cm³/mol. The van der Waals surface area contributed by atoms with Gasteiger partial charge in [0.15, 0.2) is 0 Å². The molecule has 1 aromatic rings. The van der Waals surface area contributed by atoms with Crippen molar-refractivity contribution in [3.63, 3.8) is 0 Å². The van der Waals surface area contributed by atoms with Crippen molar-refractivity contribution >= 4 is 5.91 Å². The second-order valence-electron chi connectivity index (χ2n) is 3.99. The lowest BCUT2D eigenvalue weighted by atomic mass is 10.2. The summed E-state index contributed by atoms with van der Waals surface area (Å²) >= 11 is 0. The third-order valence-corrected chi connectivity index (χ3v) is 2.71. The molecule has 0 aliphatic carbocycles. The van der Waals surface area contributed by atoms with Crippen LogP contribution < -0.4 is 10.6 Å². The van der Waals surface area contributed by atoms with E-state index in [0.717, 1.165) is 5.82 Å². The molecule has 0 radical (unpaired) electrons. The van der Waals surface area contributed by atoms with Crippen LogP contribution >= 0.6 is 0 Å². The molecule has 5 heteroatoms. The first-order valence-corrected chi connectivity index (χ1v) is 5.17. The highest BCUT2D eigenvalue weighted by Gasteiger charge is 2.23. The zero-order valence-electron chi connectivity index (χ0n) is 9.03. The summed E-state index contributed by atoms with van der Waals surface area (Å²) in [6, 6.07) is 0.395. The maximum atomic E-state index is 11.0. The van der Waals surface area contributed by atoms with Crippen molar-refractivity contribution in [2.75, 3.05) is 6.54 Å². The molecule has 2 heterocycles. The number of aromatic nitrogens is 2. The molecular weight excluding hydrogens is 192 g/mol. The van der Waals surface area contributed by atoms with Gasteiger partial charge in [-0.05, 0) is 6.92 Å². The lowest BCUT2D eigenvalue weighted by Crippen LogP contribution is -2.34. The van der Waals surface area contributed by atoms with Crippen molar-refractivity contribution in [2.24, 2.45) is 7.05 Å². The van der Waals surface area contributed by atoms with Crippen LogP contribution in [0.2, 0.25) is 0 Å². The topological polar surface area (TPSA) is 58.9 Å². The second kappa shape index (κ2) is 4.02. The van der Waals surface area contributed by atoms with Crippen LogP contribution in [0.4, 0.5) is 0 Å². The molecular formula is C10H16N4O. The fourth-order valence-electron chi connectivity index (χ4n) is 1.95. The molecule has 0 spiro atoms. The molecule has 15 heavy (non-hydrogen) atoms. The summed E-state index contributed by atoms with van der Waals surface area (Å²) in [5.41, 5.74) is 0. The van der Waals surface area contributed by atoms with Crippen molar-refractivity contribution in [1.29, 1.82) is 0 Å². The van der Waals surface area contributed by atoms with E-state index in [1.807, 2.05) is 17.8 Å². The zero-order chi connectivity index (χ0) is 10.8. The minimum Gasteiger partial charge on any atom is -0.354 e. The molecule has 1 saturated heterocycles. The van der Waals surface area contributed by atoms with Crippen LogP contribution in [-0.4, -0.2) is 28.0 Å². The molecule has 2 rings (SSSR count). The van der Waals surface area contributed by atoms with Gasteiger partial charge in [-0.2, -0.15) is 0 Å². The number of aryl methyl sites for hydroxylation is 1. The molecule has 1 fully saturated rings. The van der Waals surface area contributed by atoms with Crippen LogP contribution in [0.3, 0.4) is 0 Å². The number of hydrogen-bond acceptors (Lipinski definition) is 3. The smallest absolute Gasteiger partial charge is 0.221 e. The van der Waals surface area contributed by atoms with Crippen molar-refractivity contribution in [3.8, 4) is 0 Å². The van der Waals surface area contributed by atoms with Crippen molar-refractivity contribution in [3.05, 3.63) is 18.2 Å². The lowest BCUT2D eigenvalue weighted by Gasteiger charge is -2.17. The normalized spacial score (nSPS) is 22.8. The molecule has 1 aromatic heterocycles. The molecule has 0 bridgehead atoms. The zero-order valence-corrected chi connectivity index (χ0v) is 9.03. The van der Waals surface area contributed by atoms with Crippen LogP contribution in [-0.2, 0) is 11.8 Å². The SMILES string of the molecule is CC(NC1CNC(=O)C1)c1nccn1C. The van der Waals surface area contributed by atoms with Crippen LogP contribution in [0.25, 0.3) is 0 Å². The van der Waals surface area contributed by atoms with Crippen LogP contribution in [0.1, 0.15) is 25.2 Å². The summed E-state index contributed by atoms with van der Waals surface area (Å²) < 4.78 is 1.99. The highest BCUT2D eigenvalue weighted by Crippen LogP contribution is 2.11. The van der Waals surface area contributed by atoms with Crippen LogP contribution in [0, 0.1) is 0 Å². The third-order valence-electron chi connectivity index (χ3n) is 2.71. The summed E-state index contributed by atoms with van der Waals surface area (Å²) in [5, 5.41) is 6.19. The molecule has 2 atom stereocenters. The van der Waals surface area contributed by atoms with Gasteiger partial charge < -0.3 is 15.2 Å². The number of carbonyl (C=O) groups is 1.